The van der Waals surface area contributed by atoms with Crippen LogP contribution in [0.4, 0.5) is 13.6 Å². The van der Waals surface area contributed by atoms with Crippen molar-refractivity contribution in [2.75, 3.05) is 7.05 Å². The summed E-state index contributed by atoms with van der Waals surface area (Å²) < 4.78 is 27.2. The maximum atomic E-state index is 13.6. The van der Waals surface area contributed by atoms with Gasteiger partial charge in [0, 0.05) is 17.9 Å². The van der Waals surface area contributed by atoms with Crippen molar-refractivity contribution in [2.45, 2.75) is 24.3 Å². The predicted molar refractivity (Wildman–Crippen MR) is 74.4 cm³/mol. The standard InChI is InChI=1S/C13H16F2N2O2S/c1-7(11-9(14)5-4-6-10(11)15)20-8(2)12(18)17-13(19)16-3/h4-8H,1-3H3,(H2,16,17,18,19). The van der Waals surface area contributed by atoms with E-state index in [2.05, 4.69) is 10.6 Å². The van der Waals surface area contributed by atoms with E-state index in [1.807, 2.05) is 0 Å². The Morgan fingerprint density at radius 2 is 1.75 bits per heavy atom. The van der Waals surface area contributed by atoms with Crippen LogP contribution in [-0.2, 0) is 4.79 Å². The van der Waals surface area contributed by atoms with E-state index in [9.17, 15) is 18.4 Å². The second kappa shape index (κ2) is 7.23. The molecular weight excluding hydrogens is 286 g/mol. The summed E-state index contributed by atoms with van der Waals surface area (Å²) in [6.45, 7) is 3.17. The number of rotatable bonds is 4. The summed E-state index contributed by atoms with van der Waals surface area (Å²) in [5.74, 6) is -1.81. The first-order valence-electron chi connectivity index (χ1n) is 5.98. The number of halogens is 2. The van der Waals surface area contributed by atoms with E-state index in [0.717, 1.165) is 11.8 Å². The van der Waals surface area contributed by atoms with Crippen LogP contribution in [0.3, 0.4) is 0 Å². The Bertz CT molecular complexity index is 491. The molecule has 2 N–H and O–H groups in total. The molecule has 1 aromatic rings. The molecule has 0 radical (unpaired) electrons. The first-order valence-corrected chi connectivity index (χ1v) is 6.93. The summed E-state index contributed by atoms with van der Waals surface area (Å²) in [5.41, 5.74) is -0.0721. The molecule has 2 atom stereocenters. The average Bonchev–Trinajstić information content (AvgIpc) is 2.38. The third kappa shape index (κ3) is 4.19. The molecule has 0 aliphatic heterocycles. The lowest BCUT2D eigenvalue weighted by molar-refractivity contribution is -0.119. The normalized spacial score (nSPS) is 13.4. The Labute approximate surface area is 120 Å². The molecule has 0 aromatic heterocycles. The quantitative estimate of drug-likeness (QED) is 0.899. The summed E-state index contributed by atoms with van der Waals surface area (Å²) >= 11 is 1.07. The zero-order valence-electron chi connectivity index (χ0n) is 11.4. The largest absolute Gasteiger partial charge is 0.341 e. The fraction of sp³-hybridized carbons (Fsp3) is 0.385. The highest BCUT2D eigenvalue weighted by Gasteiger charge is 2.23. The molecular formula is C13H16F2N2O2S. The predicted octanol–water partition coefficient (Wildman–Crippen LogP) is 2.60. The summed E-state index contributed by atoms with van der Waals surface area (Å²) in [5, 5.41) is 3.19. The Kier molecular flexibility index (Phi) is 5.94. The second-order valence-corrected chi connectivity index (χ2v) is 5.81. The molecule has 0 saturated carbocycles. The van der Waals surface area contributed by atoms with Crippen molar-refractivity contribution in [3.63, 3.8) is 0 Å². The molecule has 0 bridgehead atoms. The van der Waals surface area contributed by atoms with E-state index in [4.69, 9.17) is 0 Å². The average molecular weight is 302 g/mol. The fourth-order valence-corrected chi connectivity index (χ4v) is 2.77. The zero-order valence-corrected chi connectivity index (χ0v) is 12.2. The molecule has 0 heterocycles. The molecule has 0 spiro atoms. The molecule has 4 nitrogen and oxygen atoms in total. The van der Waals surface area contributed by atoms with E-state index in [1.165, 1.54) is 25.2 Å². The van der Waals surface area contributed by atoms with Crippen molar-refractivity contribution < 1.29 is 18.4 Å². The molecule has 20 heavy (non-hydrogen) atoms. The highest BCUT2D eigenvalue weighted by atomic mass is 32.2. The molecule has 1 aromatic carbocycles. The van der Waals surface area contributed by atoms with Crippen LogP contribution in [0, 0.1) is 11.6 Å². The number of imide groups is 1. The number of carbonyl (C=O) groups excluding carboxylic acids is 2. The Balaban J connectivity index is 2.73. The van der Waals surface area contributed by atoms with Crippen LogP contribution in [0.25, 0.3) is 0 Å². The van der Waals surface area contributed by atoms with E-state index < -0.39 is 34.1 Å². The molecule has 2 unspecified atom stereocenters. The number of hydrogen-bond donors (Lipinski definition) is 2. The fourth-order valence-electron chi connectivity index (χ4n) is 1.61. The van der Waals surface area contributed by atoms with Crippen LogP contribution in [0.5, 0.6) is 0 Å². The SMILES string of the molecule is CNC(=O)NC(=O)C(C)SC(C)c1c(F)cccc1F. The number of carbonyl (C=O) groups is 2. The van der Waals surface area contributed by atoms with Gasteiger partial charge in [0.15, 0.2) is 0 Å². The molecule has 1 rings (SSSR count). The minimum atomic E-state index is -0.649. The van der Waals surface area contributed by atoms with Gasteiger partial charge < -0.3 is 5.32 Å². The highest BCUT2D eigenvalue weighted by molar-refractivity contribution is 8.00. The molecule has 7 heteroatoms. The van der Waals surface area contributed by atoms with Crippen molar-refractivity contribution in [2.24, 2.45) is 0 Å². The van der Waals surface area contributed by atoms with Gasteiger partial charge in [0.05, 0.1) is 5.25 Å². The molecule has 0 fully saturated rings. The second-order valence-electron chi connectivity index (χ2n) is 4.12. The Hall–Kier alpha value is -1.63. The van der Waals surface area contributed by atoms with Crippen LogP contribution in [0.1, 0.15) is 24.7 Å². The Morgan fingerprint density at radius 1 is 1.20 bits per heavy atom. The van der Waals surface area contributed by atoms with E-state index >= 15 is 0 Å². The van der Waals surface area contributed by atoms with Crippen LogP contribution >= 0.6 is 11.8 Å². The molecule has 0 aliphatic rings. The summed E-state index contributed by atoms with van der Waals surface area (Å²) in [7, 11) is 1.39. The number of urea groups is 1. The number of thioether (sulfide) groups is 1. The van der Waals surface area contributed by atoms with E-state index in [1.54, 1.807) is 13.8 Å². The number of nitrogens with one attached hydrogen (secondary N) is 2. The third-order valence-electron chi connectivity index (χ3n) is 2.65. The van der Waals surface area contributed by atoms with Gasteiger partial charge in [-0.05, 0) is 26.0 Å². The summed E-state index contributed by atoms with van der Waals surface area (Å²) in [4.78, 5) is 22.7. The van der Waals surface area contributed by atoms with Crippen LogP contribution in [-0.4, -0.2) is 24.2 Å². The van der Waals surface area contributed by atoms with Gasteiger partial charge in [0.1, 0.15) is 11.6 Å². The van der Waals surface area contributed by atoms with E-state index in [0.29, 0.717) is 0 Å². The van der Waals surface area contributed by atoms with Gasteiger partial charge in [-0.25, -0.2) is 13.6 Å². The van der Waals surface area contributed by atoms with Crippen molar-refractivity contribution in [1.82, 2.24) is 10.6 Å². The van der Waals surface area contributed by atoms with Gasteiger partial charge in [0.2, 0.25) is 5.91 Å². The molecule has 110 valence electrons. The van der Waals surface area contributed by atoms with Crippen LogP contribution < -0.4 is 10.6 Å². The maximum Gasteiger partial charge on any atom is 0.321 e. The maximum absolute atomic E-state index is 13.6. The van der Waals surface area contributed by atoms with Crippen molar-refractivity contribution >= 4 is 23.7 Å². The van der Waals surface area contributed by atoms with Gasteiger partial charge >= 0.3 is 6.03 Å². The Morgan fingerprint density at radius 3 is 2.25 bits per heavy atom. The molecule has 0 saturated heterocycles. The van der Waals surface area contributed by atoms with Gasteiger partial charge in [0.25, 0.3) is 0 Å². The van der Waals surface area contributed by atoms with Crippen molar-refractivity contribution in [3.05, 3.63) is 35.4 Å². The smallest absolute Gasteiger partial charge is 0.321 e. The number of amides is 3. The number of benzene rings is 1. The zero-order chi connectivity index (χ0) is 15.3. The summed E-state index contributed by atoms with van der Waals surface area (Å²) in [6.07, 6.45) is 0. The molecule has 0 aliphatic carbocycles. The highest BCUT2D eigenvalue weighted by Crippen LogP contribution is 2.34. The van der Waals surface area contributed by atoms with Gasteiger partial charge in [-0.3, -0.25) is 10.1 Å². The van der Waals surface area contributed by atoms with Gasteiger partial charge in [-0.2, -0.15) is 0 Å². The van der Waals surface area contributed by atoms with E-state index in [-0.39, 0.29) is 5.56 Å². The first kappa shape index (κ1) is 16.4. The summed E-state index contributed by atoms with van der Waals surface area (Å²) in [6, 6.07) is 3.01. The number of hydrogen-bond acceptors (Lipinski definition) is 3. The molecule has 3 amide bonds. The monoisotopic (exact) mass is 302 g/mol. The lowest BCUT2D eigenvalue weighted by Gasteiger charge is -2.17. The van der Waals surface area contributed by atoms with Gasteiger partial charge in [-0.1, -0.05) is 6.07 Å². The van der Waals surface area contributed by atoms with Crippen molar-refractivity contribution in [1.29, 1.82) is 0 Å². The van der Waals surface area contributed by atoms with Crippen LogP contribution in [0.15, 0.2) is 18.2 Å². The minimum absolute atomic E-state index is 0.0721. The van der Waals surface area contributed by atoms with Crippen molar-refractivity contribution in [3.8, 4) is 0 Å². The first-order chi connectivity index (χ1) is 9.36. The lowest BCUT2D eigenvalue weighted by atomic mass is 10.1. The van der Waals surface area contributed by atoms with Gasteiger partial charge in [-0.15, -0.1) is 11.8 Å². The minimum Gasteiger partial charge on any atom is -0.341 e. The topological polar surface area (TPSA) is 58.2 Å². The van der Waals surface area contributed by atoms with Crippen LogP contribution in [0.2, 0.25) is 0 Å². The lowest BCUT2D eigenvalue weighted by Crippen LogP contribution is -2.41. The third-order valence-corrected chi connectivity index (χ3v) is 3.91.